The summed E-state index contributed by atoms with van der Waals surface area (Å²) in [6.45, 7) is 3.45. The van der Waals surface area contributed by atoms with Gasteiger partial charge in [-0.15, -0.1) is 0 Å². The molecule has 6 heteroatoms. The monoisotopic (exact) mass is 272 g/mol. The van der Waals surface area contributed by atoms with Crippen LogP contribution in [0.2, 0.25) is 0 Å². The number of aromatic nitrogens is 1. The van der Waals surface area contributed by atoms with Gasteiger partial charge in [0.2, 0.25) is 0 Å². The Kier molecular flexibility index (Phi) is 4.14. The van der Waals surface area contributed by atoms with Crippen molar-refractivity contribution < 1.29 is 4.92 Å². The van der Waals surface area contributed by atoms with E-state index in [1.807, 2.05) is 19.1 Å². The molecule has 0 radical (unpaired) electrons. The largest absolute Gasteiger partial charge is 0.397 e. The van der Waals surface area contributed by atoms with Gasteiger partial charge in [-0.05, 0) is 30.7 Å². The molecule has 0 saturated heterocycles. The lowest BCUT2D eigenvalue weighted by Crippen LogP contribution is -2.23. The topological polar surface area (TPSA) is 85.3 Å². The molecule has 6 nitrogen and oxygen atoms in total. The average molecular weight is 272 g/mol. The van der Waals surface area contributed by atoms with Crippen LogP contribution in [0.15, 0.2) is 42.7 Å². The summed E-state index contributed by atoms with van der Waals surface area (Å²) >= 11 is 0. The van der Waals surface area contributed by atoms with E-state index in [0.29, 0.717) is 12.2 Å². The fraction of sp³-hybridized carbons (Fsp3) is 0.214. The zero-order valence-corrected chi connectivity index (χ0v) is 11.2. The van der Waals surface area contributed by atoms with E-state index in [1.54, 1.807) is 18.5 Å². The maximum Gasteiger partial charge on any atom is 0.271 e. The number of benzene rings is 1. The minimum atomic E-state index is -0.445. The first kappa shape index (κ1) is 13.8. The quantitative estimate of drug-likeness (QED) is 0.513. The number of nitro groups is 1. The molecule has 0 atom stereocenters. The standard InChI is InChI=1S/C14H16N4O2/c1-2-17(10-11-5-7-16-8-6-11)14-4-3-12(18(19)20)9-13(14)15/h3-9H,2,10,15H2,1H3. The Morgan fingerprint density at radius 1 is 1.30 bits per heavy atom. The molecule has 2 rings (SSSR count). The Hall–Kier alpha value is -2.63. The lowest BCUT2D eigenvalue weighted by Gasteiger charge is -2.24. The van der Waals surface area contributed by atoms with Gasteiger partial charge in [0.25, 0.3) is 5.69 Å². The first-order valence-electron chi connectivity index (χ1n) is 6.29. The van der Waals surface area contributed by atoms with Crippen LogP contribution >= 0.6 is 0 Å². The molecule has 0 aliphatic heterocycles. The lowest BCUT2D eigenvalue weighted by molar-refractivity contribution is -0.384. The van der Waals surface area contributed by atoms with E-state index in [2.05, 4.69) is 9.88 Å². The van der Waals surface area contributed by atoms with E-state index in [-0.39, 0.29) is 5.69 Å². The molecule has 0 unspecified atom stereocenters. The van der Waals surface area contributed by atoms with E-state index in [1.165, 1.54) is 12.1 Å². The SMILES string of the molecule is CCN(Cc1ccncc1)c1ccc([N+](=O)[O-])cc1N. The molecule has 1 heterocycles. The van der Waals surface area contributed by atoms with Crippen molar-refractivity contribution in [2.45, 2.75) is 13.5 Å². The van der Waals surface area contributed by atoms with E-state index >= 15 is 0 Å². The summed E-state index contributed by atoms with van der Waals surface area (Å²) in [4.78, 5) is 16.3. The molecule has 0 bridgehead atoms. The summed E-state index contributed by atoms with van der Waals surface area (Å²) in [5.74, 6) is 0. The van der Waals surface area contributed by atoms with Crippen LogP contribution in [0.25, 0.3) is 0 Å². The van der Waals surface area contributed by atoms with Gasteiger partial charge in [-0.1, -0.05) is 0 Å². The molecule has 0 amide bonds. The second-order valence-electron chi connectivity index (χ2n) is 4.37. The number of hydrogen-bond acceptors (Lipinski definition) is 5. The van der Waals surface area contributed by atoms with Gasteiger partial charge in [0.05, 0.1) is 16.3 Å². The maximum atomic E-state index is 10.7. The molecular formula is C14H16N4O2. The first-order chi connectivity index (χ1) is 9.61. The fourth-order valence-corrected chi connectivity index (χ4v) is 2.02. The highest BCUT2D eigenvalue weighted by Crippen LogP contribution is 2.28. The van der Waals surface area contributed by atoms with Gasteiger partial charge in [0.1, 0.15) is 0 Å². The number of hydrogen-bond donors (Lipinski definition) is 1. The van der Waals surface area contributed by atoms with Gasteiger partial charge in [0, 0.05) is 37.6 Å². The number of nitro benzene ring substituents is 1. The molecule has 0 aliphatic carbocycles. The van der Waals surface area contributed by atoms with E-state index < -0.39 is 4.92 Å². The smallest absolute Gasteiger partial charge is 0.271 e. The van der Waals surface area contributed by atoms with Crippen LogP contribution in [0.1, 0.15) is 12.5 Å². The zero-order chi connectivity index (χ0) is 14.5. The Morgan fingerprint density at radius 2 is 2.00 bits per heavy atom. The average Bonchev–Trinajstić information content (AvgIpc) is 2.46. The third kappa shape index (κ3) is 3.03. The predicted molar refractivity (Wildman–Crippen MR) is 78.5 cm³/mol. The molecule has 0 fully saturated rings. The molecular weight excluding hydrogens is 256 g/mol. The van der Waals surface area contributed by atoms with Crippen molar-refractivity contribution in [1.82, 2.24) is 4.98 Å². The van der Waals surface area contributed by atoms with Crippen molar-refractivity contribution in [3.8, 4) is 0 Å². The highest BCUT2D eigenvalue weighted by Gasteiger charge is 2.13. The van der Waals surface area contributed by atoms with Crippen molar-refractivity contribution in [3.05, 3.63) is 58.4 Å². The van der Waals surface area contributed by atoms with Crippen LogP contribution in [0.4, 0.5) is 17.1 Å². The number of rotatable bonds is 5. The number of nitrogen functional groups attached to an aromatic ring is 1. The summed E-state index contributed by atoms with van der Waals surface area (Å²) in [6, 6.07) is 8.43. The highest BCUT2D eigenvalue weighted by molar-refractivity contribution is 5.70. The van der Waals surface area contributed by atoms with Gasteiger partial charge in [-0.2, -0.15) is 0 Å². The first-order valence-corrected chi connectivity index (χ1v) is 6.29. The molecule has 0 saturated carbocycles. The van der Waals surface area contributed by atoms with E-state index in [0.717, 1.165) is 17.8 Å². The van der Waals surface area contributed by atoms with Crippen LogP contribution in [0.3, 0.4) is 0 Å². The van der Waals surface area contributed by atoms with Crippen LogP contribution < -0.4 is 10.6 Å². The lowest BCUT2D eigenvalue weighted by atomic mass is 10.2. The zero-order valence-electron chi connectivity index (χ0n) is 11.2. The highest BCUT2D eigenvalue weighted by atomic mass is 16.6. The summed E-state index contributed by atoms with van der Waals surface area (Å²) in [7, 11) is 0. The molecule has 104 valence electrons. The number of pyridine rings is 1. The van der Waals surface area contributed by atoms with Crippen molar-refractivity contribution in [2.75, 3.05) is 17.2 Å². The summed E-state index contributed by atoms with van der Waals surface area (Å²) in [5, 5.41) is 10.7. The maximum absolute atomic E-state index is 10.7. The van der Waals surface area contributed by atoms with Crippen LogP contribution in [-0.2, 0) is 6.54 Å². The van der Waals surface area contributed by atoms with Crippen molar-refractivity contribution in [1.29, 1.82) is 0 Å². The molecule has 1 aromatic carbocycles. The third-order valence-corrected chi connectivity index (χ3v) is 3.07. The van der Waals surface area contributed by atoms with Gasteiger partial charge < -0.3 is 10.6 Å². The number of nitrogens with zero attached hydrogens (tertiary/aromatic N) is 3. The van der Waals surface area contributed by atoms with Gasteiger partial charge in [-0.3, -0.25) is 15.1 Å². The molecule has 0 spiro atoms. The molecule has 2 N–H and O–H groups in total. The molecule has 1 aromatic heterocycles. The normalized spacial score (nSPS) is 10.2. The van der Waals surface area contributed by atoms with E-state index in [9.17, 15) is 10.1 Å². The fourth-order valence-electron chi connectivity index (χ4n) is 2.02. The molecule has 0 aliphatic rings. The number of non-ortho nitro benzene ring substituents is 1. The minimum absolute atomic E-state index is 0.00575. The molecule has 2 aromatic rings. The second-order valence-corrected chi connectivity index (χ2v) is 4.37. The third-order valence-electron chi connectivity index (χ3n) is 3.07. The van der Waals surface area contributed by atoms with Crippen molar-refractivity contribution in [2.24, 2.45) is 0 Å². The van der Waals surface area contributed by atoms with Crippen molar-refractivity contribution in [3.63, 3.8) is 0 Å². The van der Waals surface area contributed by atoms with Gasteiger partial charge in [0.15, 0.2) is 0 Å². The van der Waals surface area contributed by atoms with Crippen LogP contribution in [0.5, 0.6) is 0 Å². The van der Waals surface area contributed by atoms with Gasteiger partial charge in [-0.25, -0.2) is 0 Å². The Morgan fingerprint density at radius 3 is 2.55 bits per heavy atom. The Labute approximate surface area is 117 Å². The Bertz CT molecular complexity index is 601. The minimum Gasteiger partial charge on any atom is -0.397 e. The molecule has 20 heavy (non-hydrogen) atoms. The predicted octanol–water partition coefficient (Wildman–Crippen LogP) is 2.60. The Balaban J connectivity index is 2.26. The van der Waals surface area contributed by atoms with Crippen LogP contribution in [0, 0.1) is 10.1 Å². The van der Waals surface area contributed by atoms with E-state index in [4.69, 9.17) is 5.73 Å². The van der Waals surface area contributed by atoms with Gasteiger partial charge >= 0.3 is 0 Å². The number of nitrogens with two attached hydrogens (primary N) is 1. The second kappa shape index (κ2) is 6.01. The summed E-state index contributed by atoms with van der Waals surface area (Å²) in [5.41, 5.74) is 8.26. The summed E-state index contributed by atoms with van der Waals surface area (Å²) < 4.78 is 0. The van der Waals surface area contributed by atoms with Crippen molar-refractivity contribution >= 4 is 17.1 Å². The number of anilines is 2. The summed E-state index contributed by atoms with van der Waals surface area (Å²) in [6.07, 6.45) is 3.48. The van der Waals surface area contributed by atoms with Crippen LogP contribution in [-0.4, -0.2) is 16.5 Å².